The molecule has 1 saturated heterocycles. The van der Waals surface area contributed by atoms with Crippen LogP contribution in [0.3, 0.4) is 0 Å². The first kappa shape index (κ1) is 10.5. The quantitative estimate of drug-likeness (QED) is 0.718. The molecule has 0 aliphatic carbocycles. The second-order valence-electron chi connectivity index (χ2n) is 3.57. The number of nitrogens with zero attached hydrogens (tertiary/aromatic N) is 2. The fraction of sp³-hybridized carbons (Fsp3) is 0.556. The third-order valence-corrected chi connectivity index (χ3v) is 3.37. The van der Waals surface area contributed by atoms with E-state index in [9.17, 15) is 9.90 Å². The SMILES string of the molecule is CN(C(=O)c1cncs1)[C@H]1CNC[C@@H]1O. The number of carbonyl (C=O) groups excluding carboxylic acids is 1. The summed E-state index contributed by atoms with van der Waals surface area (Å²) in [5.74, 6) is -0.0785. The molecule has 1 aliphatic rings. The van der Waals surface area contributed by atoms with Gasteiger partial charge in [-0.1, -0.05) is 0 Å². The van der Waals surface area contributed by atoms with Gasteiger partial charge in [0.25, 0.3) is 5.91 Å². The zero-order chi connectivity index (χ0) is 10.8. The van der Waals surface area contributed by atoms with Crippen molar-refractivity contribution in [1.82, 2.24) is 15.2 Å². The maximum atomic E-state index is 11.9. The van der Waals surface area contributed by atoms with Crippen LogP contribution in [0.4, 0.5) is 0 Å². The van der Waals surface area contributed by atoms with Gasteiger partial charge >= 0.3 is 0 Å². The van der Waals surface area contributed by atoms with Crippen LogP contribution in [-0.2, 0) is 0 Å². The Balaban J connectivity index is 2.07. The van der Waals surface area contributed by atoms with Crippen LogP contribution in [0.5, 0.6) is 0 Å². The molecule has 15 heavy (non-hydrogen) atoms. The lowest BCUT2D eigenvalue weighted by atomic mass is 10.2. The van der Waals surface area contributed by atoms with Crippen molar-refractivity contribution in [2.75, 3.05) is 20.1 Å². The number of aliphatic hydroxyl groups excluding tert-OH is 1. The highest BCUT2D eigenvalue weighted by Crippen LogP contribution is 2.14. The average Bonchev–Trinajstić information content (AvgIpc) is 2.85. The van der Waals surface area contributed by atoms with Crippen LogP contribution in [0.15, 0.2) is 11.7 Å². The highest BCUT2D eigenvalue weighted by molar-refractivity contribution is 7.11. The van der Waals surface area contributed by atoms with Crippen LogP contribution >= 0.6 is 11.3 Å². The first-order valence-corrected chi connectivity index (χ1v) is 5.62. The average molecular weight is 227 g/mol. The Morgan fingerprint density at radius 3 is 3.07 bits per heavy atom. The van der Waals surface area contributed by atoms with Gasteiger partial charge in [0.05, 0.1) is 23.9 Å². The van der Waals surface area contributed by atoms with Gasteiger partial charge in [0, 0.05) is 20.1 Å². The van der Waals surface area contributed by atoms with E-state index in [-0.39, 0.29) is 11.9 Å². The molecule has 82 valence electrons. The van der Waals surface area contributed by atoms with Crippen LogP contribution in [0.1, 0.15) is 9.67 Å². The molecule has 6 heteroatoms. The van der Waals surface area contributed by atoms with E-state index in [4.69, 9.17) is 0 Å². The van der Waals surface area contributed by atoms with Crippen LogP contribution in [0.25, 0.3) is 0 Å². The molecule has 0 unspecified atom stereocenters. The number of thiazole rings is 1. The summed E-state index contributed by atoms with van der Waals surface area (Å²) in [4.78, 5) is 17.9. The molecule has 1 aromatic heterocycles. The number of rotatable bonds is 2. The van der Waals surface area contributed by atoms with Crippen molar-refractivity contribution in [2.24, 2.45) is 0 Å². The second kappa shape index (κ2) is 4.26. The van der Waals surface area contributed by atoms with Crippen LogP contribution < -0.4 is 5.32 Å². The van der Waals surface area contributed by atoms with E-state index in [1.54, 1.807) is 23.7 Å². The minimum absolute atomic E-state index is 0.0785. The number of amides is 1. The van der Waals surface area contributed by atoms with E-state index in [0.717, 1.165) is 0 Å². The van der Waals surface area contributed by atoms with Crippen molar-refractivity contribution in [3.8, 4) is 0 Å². The maximum Gasteiger partial charge on any atom is 0.265 e. The minimum Gasteiger partial charge on any atom is -0.390 e. The zero-order valence-electron chi connectivity index (χ0n) is 8.38. The Labute approximate surface area is 91.7 Å². The lowest BCUT2D eigenvalue weighted by Gasteiger charge is -2.25. The summed E-state index contributed by atoms with van der Waals surface area (Å²) in [6, 6.07) is -0.139. The molecule has 2 atom stereocenters. The second-order valence-corrected chi connectivity index (χ2v) is 4.46. The van der Waals surface area contributed by atoms with E-state index in [2.05, 4.69) is 10.3 Å². The van der Waals surface area contributed by atoms with Crippen molar-refractivity contribution in [1.29, 1.82) is 0 Å². The molecule has 2 N–H and O–H groups in total. The molecule has 0 saturated carbocycles. The number of carbonyl (C=O) groups is 1. The van der Waals surface area contributed by atoms with Crippen LogP contribution in [0.2, 0.25) is 0 Å². The monoisotopic (exact) mass is 227 g/mol. The highest BCUT2D eigenvalue weighted by atomic mass is 32.1. The van der Waals surface area contributed by atoms with Gasteiger partial charge in [-0.3, -0.25) is 9.78 Å². The largest absolute Gasteiger partial charge is 0.390 e. The van der Waals surface area contributed by atoms with Crippen molar-refractivity contribution >= 4 is 17.2 Å². The summed E-state index contributed by atoms with van der Waals surface area (Å²) >= 11 is 1.32. The predicted molar refractivity (Wildman–Crippen MR) is 56.9 cm³/mol. The van der Waals surface area contributed by atoms with Gasteiger partial charge in [0.1, 0.15) is 4.88 Å². The molecule has 1 amide bonds. The normalized spacial score (nSPS) is 25.5. The first-order valence-electron chi connectivity index (χ1n) is 4.74. The van der Waals surface area contributed by atoms with Gasteiger partial charge in [-0.15, -0.1) is 11.3 Å². The molecular weight excluding hydrogens is 214 g/mol. The first-order chi connectivity index (χ1) is 7.20. The summed E-state index contributed by atoms with van der Waals surface area (Å²) in [6.07, 6.45) is 1.07. The van der Waals surface area contributed by atoms with E-state index in [1.165, 1.54) is 11.3 Å². The summed E-state index contributed by atoms with van der Waals surface area (Å²) < 4.78 is 0. The van der Waals surface area contributed by atoms with Crippen molar-refractivity contribution in [2.45, 2.75) is 12.1 Å². The number of aliphatic hydroxyl groups is 1. The molecule has 5 nitrogen and oxygen atoms in total. The molecule has 2 rings (SSSR count). The van der Waals surface area contributed by atoms with Gasteiger partial charge in [0.15, 0.2) is 0 Å². The fourth-order valence-corrected chi connectivity index (χ4v) is 2.29. The Kier molecular flexibility index (Phi) is 2.99. The van der Waals surface area contributed by atoms with Gasteiger partial charge in [0.2, 0.25) is 0 Å². The summed E-state index contributed by atoms with van der Waals surface area (Å²) in [6.45, 7) is 1.19. The van der Waals surface area contributed by atoms with E-state index < -0.39 is 6.10 Å². The summed E-state index contributed by atoms with van der Waals surface area (Å²) in [7, 11) is 1.71. The molecule has 0 radical (unpaired) electrons. The summed E-state index contributed by atoms with van der Waals surface area (Å²) in [5, 5.41) is 12.7. The number of β-amino-alcohol motifs (C(OH)–C–C–N with tert-alkyl or cyclic N) is 1. The maximum absolute atomic E-state index is 11.9. The molecule has 1 aromatic rings. The van der Waals surface area contributed by atoms with Gasteiger partial charge in [-0.2, -0.15) is 0 Å². The molecule has 0 spiro atoms. The Morgan fingerprint density at radius 1 is 1.73 bits per heavy atom. The van der Waals surface area contributed by atoms with Crippen molar-refractivity contribution < 1.29 is 9.90 Å². The van der Waals surface area contributed by atoms with Gasteiger partial charge in [-0.25, -0.2) is 0 Å². The number of hydrogen-bond donors (Lipinski definition) is 2. The third kappa shape index (κ3) is 2.01. The van der Waals surface area contributed by atoms with Crippen LogP contribution in [0, 0.1) is 0 Å². The Hall–Kier alpha value is -0.980. The minimum atomic E-state index is -0.480. The number of aromatic nitrogens is 1. The fourth-order valence-electron chi connectivity index (χ4n) is 1.69. The third-order valence-electron chi connectivity index (χ3n) is 2.61. The Bertz CT molecular complexity index is 341. The standard InChI is InChI=1S/C9H13N3O2S/c1-12(6-2-10-3-7(6)13)9(14)8-4-11-5-15-8/h4-7,10,13H,2-3H2,1H3/t6-,7-/m0/s1. The van der Waals surface area contributed by atoms with Gasteiger partial charge < -0.3 is 15.3 Å². The Morgan fingerprint density at radius 2 is 2.53 bits per heavy atom. The van der Waals surface area contributed by atoms with E-state index in [0.29, 0.717) is 18.0 Å². The molecule has 2 heterocycles. The highest BCUT2D eigenvalue weighted by Gasteiger charge is 2.31. The van der Waals surface area contributed by atoms with Crippen molar-refractivity contribution in [3.05, 3.63) is 16.6 Å². The number of nitrogens with one attached hydrogen (secondary N) is 1. The van der Waals surface area contributed by atoms with Crippen LogP contribution in [-0.4, -0.2) is 53.2 Å². The molecule has 0 bridgehead atoms. The topological polar surface area (TPSA) is 65.5 Å². The van der Waals surface area contributed by atoms with Crippen molar-refractivity contribution in [3.63, 3.8) is 0 Å². The smallest absolute Gasteiger partial charge is 0.265 e. The molecule has 1 fully saturated rings. The lowest BCUT2D eigenvalue weighted by molar-refractivity contribution is 0.0585. The predicted octanol–water partition coefficient (Wildman–Crippen LogP) is -0.452. The lowest BCUT2D eigenvalue weighted by Crippen LogP contribution is -2.44. The summed E-state index contributed by atoms with van der Waals surface area (Å²) in [5.41, 5.74) is 1.63. The number of hydrogen-bond acceptors (Lipinski definition) is 5. The molecule has 1 aliphatic heterocycles. The number of likely N-dealkylation sites (N-methyl/N-ethyl adjacent to an activating group) is 1. The molecule has 0 aromatic carbocycles. The van der Waals surface area contributed by atoms with E-state index >= 15 is 0 Å². The molecular formula is C9H13N3O2S. The zero-order valence-corrected chi connectivity index (χ0v) is 9.20. The van der Waals surface area contributed by atoms with Gasteiger partial charge in [-0.05, 0) is 0 Å². The van der Waals surface area contributed by atoms with E-state index in [1.807, 2.05) is 0 Å².